The molecule has 0 unspecified atom stereocenters. The summed E-state index contributed by atoms with van der Waals surface area (Å²) in [6, 6.07) is 0. The Morgan fingerprint density at radius 2 is 2.38 bits per heavy atom. The molecule has 0 spiro atoms. The predicted molar refractivity (Wildman–Crippen MR) is 37.2 cm³/mol. The van der Waals surface area contributed by atoms with Crippen molar-refractivity contribution in [3.63, 3.8) is 0 Å². The second-order valence-electron chi connectivity index (χ2n) is 1.89. The van der Waals surface area contributed by atoms with Gasteiger partial charge in [0.15, 0.2) is 0 Å². The van der Waals surface area contributed by atoms with Crippen LogP contribution in [-0.2, 0) is 0 Å². The van der Waals surface area contributed by atoms with Crippen LogP contribution in [0.15, 0.2) is 23.8 Å². The van der Waals surface area contributed by atoms with Crippen LogP contribution >= 0.6 is 11.6 Å². The van der Waals surface area contributed by atoms with Crippen LogP contribution < -0.4 is 0 Å². The molecule has 0 atom stereocenters. The normalized spacial score (nSPS) is 18.4. The van der Waals surface area contributed by atoms with Crippen LogP contribution in [0.25, 0.3) is 0 Å². The summed E-state index contributed by atoms with van der Waals surface area (Å²) >= 11 is 5.56. The largest absolute Gasteiger partial charge is 0.122 e. The van der Waals surface area contributed by atoms with Crippen LogP contribution in [0.2, 0.25) is 0 Å². The lowest BCUT2D eigenvalue weighted by Gasteiger charge is -1.99. The minimum atomic E-state index is 0.663. The van der Waals surface area contributed by atoms with Gasteiger partial charge >= 0.3 is 0 Å². The zero-order valence-corrected chi connectivity index (χ0v) is 5.49. The van der Waals surface area contributed by atoms with Gasteiger partial charge in [-0.05, 0) is 18.4 Å². The molecular weight excluding hydrogens is 120 g/mol. The summed E-state index contributed by atoms with van der Waals surface area (Å²) in [5, 5.41) is 0. The highest BCUT2D eigenvalue weighted by atomic mass is 35.5. The van der Waals surface area contributed by atoms with Crippen LogP contribution in [0, 0.1) is 0 Å². The molecule has 0 amide bonds. The molecule has 0 aromatic heterocycles. The summed E-state index contributed by atoms with van der Waals surface area (Å²) in [6.45, 7) is 0. The topological polar surface area (TPSA) is 0 Å². The smallest absolute Gasteiger partial charge is 0.0470 e. The van der Waals surface area contributed by atoms with Gasteiger partial charge in [0.2, 0.25) is 0 Å². The van der Waals surface area contributed by atoms with Crippen molar-refractivity contribution in [3.05, 3.63) is 23.8 Å². The van der Waals surface area contributed by atoms with Gasteiger partial charge in [-0.15, -0.1) is 11.6 Å². The fraction of sp³-hybridized carbons (Fsp3) is 0.429. The Kier molecular flexibility index (Phi) is 2.16. The third-order valence-electron chi connectivity index (χ3n) is 1.23. The second kappa shape index (κ2) is 2.93. The molecule has 0 radical (unpaired) electrons. The third-order valence-corrected chi connectivity index (χ3v) is 1.53. The zero-order chi connectivity index (χ0) is 5.82. The molecule has 0 heterocycles. The van der Waals surface area contributed by atoms with Gasteiger partial charge in [-0.2, -0.15) is 0 Å². The Morgan fingerprint density at radius 1 is 1.50 bits per heavy atom. The molecule has 0 saturated carbocycles. The van der Waals surface area contributed by atoms with E-state index in [4.69, 9.17) is 11.6 Å². The van der Waals surface area contributed by atoms with Crippen molar-refractivity contribution >= 4 is 11.6 Å². The molecular formula is C7H9Cl. The Hall–Kier alpha value is -0.230. The number of hydrogen-bond acceptors (Lipinski definition) is 0. The lowest BCUT2D eigenvalue weighted by atomic mass is 10.1. The molecule has 1 aliphatic rings. The molecule has 0 N–H and O–H groups in total. The summed E-state index contributed by atoms with van der Waals surface area (Å²) in [5.74, 6) is 0.663. The fourth-order valence-electron chi connectivity index (χ4n) is 0.767. The van der Waals surface area contributed by atoms with Crippen molar-refractivity contribution < 1.29 is 0 Å². The Morgan fingerprint density at radius 3 is 2.75 bits per heavy atom. The zero-order valence-electron chi connectivity index (χ0n) is 4.73. The summed E-state index contributed by atoms with van der Waals surface area (Å²) in [6.07, 6.45) is 8.79. The first kappa shape index (κ1) is 5.90. The molecule has 1 heteroatoms. The van der Waals surface area contributed by atoms with Crippen molar-refractivity contribution in [2.75, 3.05) is 5.88 Å². The summed E-state index contributed by atoms with van der Waals surface area (Å²) in [7, 11) is 0. The molecule has 0 bridgehead atoms. The highest BCUT2D eigenvalue weighted by molar-refractivity contribution is 6.19. The number of hydrogen-bond donors (Lipinski definition) is 0. The molecule has 1 aliphatic carbocycles. The standard InChI is InChI=1S/C7H9Cl/c8-6-7-4-2-1-3-5-7/h2,4-5H,1,3,6H2. The van der Waals surface area contributed by atoms with E-state index in [0.717, 1.165) is 0 Å². The van der Waals surface area contributed by atoms with Gasteiger partial charge < -0.3 is 0 Å². The van der Waals surface area contributed by atoms with Gasteiger partial charge in [-0.1, -0.05) is 18.2 Å². The Balaban J connectivity index is 2.51. The SMILES string of the molecule is ClCC1=CCCC=C1. The molecule has 0 fully saturated rings. The van der Waals surface area contributed by atoms with Gasteiger partial charge in [0.1, 0.15) is 0 Å². The van der Waals surface area contributed by atoms with Gasteiger partial charge in [-0.25, -0.2) is 0 Å². The van der Waals surface area contributed by atoms with Crippen LogP contribution in [0.3, 0.4) is 0 Å². The maximum Gasteiger partial charge on any atom is 0.0470 e. The fourth-order valence-corrected chi connectivity index (χ4v) is 0.965. The average Bonchev–Trinajstić information content (AvgIpc) is 1.90. The van der Waals surface area contributed by atoms with E-state index in [9.17, 15) is 0 Å². The molecule has 0 nitrogen and oxygen atoms in total. The maximum absolute atomic E-state index is 5.56. The summed E-state index contributed by atoms with van der Waals surface area (Å²) in [4.78, 5) is 0. The summed E-state index contributed by atoms with van der Waals surface area (Å²) in [5.41, 5.74) is 1.26. The van der Waals surface area contributed by atoms with E-state index >= 15 is 0 Å². The molecule has 0 aromatic rings. The summed E-state index contributed by atoms with van der Waals surface area (Å²) < 4.78 is 0. The first-order valence-electron chi connectivity index (χ1n) is 2.85. The molecule has 0 aliphatic heterocycles. The third kappa shape index (κ3) is 1.38. The van der Waals surface area contributed by atoms with Gasteiger partial charge in [0.05, 0.1) is 0 Å². The Labute approximate surface area is 54.8 Å². The van der Waals surface area contributed by atoms with E-state index in [0.29, 0.717) is 5.88 Å². The first-order valence-corrected chi connectivity index (χ1v) is 3.38. The molecule has 0 saturated heterocycles. The van der Waals surface area contributed by atoms with E-state index in [-0.39, 0.29) is 0 Å². The number of alkyl halides is 1. The van der Waals surface area contributed by atoms with E-state index in [1.807, 2.05) is 0 Å². The number of rotatable bonds is 1. The van der Waals surface area contributed by atoms with Gasteiger partial charge in [0.25, 0.3) is 0 Å². The number of halogens is 1. The van der Waals surface area contributed by atoms with Crippen molar-refractivity contribution in [3.8, 4) is 0 Å². The van der Waals surface area contributed by atoms with Crippen molar-refractivity contribution in [1.29, 1.82) is 0 Å². The molecule has 0 aromatic carbocycles. The van der Waals surface area contributed by atoms with Crippen molar-refractivity contribution in [2.24, 2.45) is 0 Å². The minimum absolute atomic E-state index is 0.663. The molecule has 8 heavy (non-hydrogen) atoms. The van der Waals surface area contributed by atoms with Crippen LogP contribution in [0.1, 0.15) is 12.8 Å². The average molecular weight is 129 g/mol. The first-order chi connectivity index (χ1) is 3.93. The van der Waals surface area contributed by atoms with Crippen LogP contribution in [0.5, 0.6) is 0 Å². The highest BCUT2D eigenvalue weighted by Gasteiger charge is 1.92. The van der Waals surface area contributed by atoms with Crippen molar-refractivity contribution in [1.82, 2.24) is 0 Å². The quantitative estimate of drug-likeness (QED) is 0.476. The van der Waals surface area contributed by atoms with E-state index in [1.54, 1.807) is 0 Å². The predicted octanol–water partition coefficient (Wildman–Crippen LogP) is 2.50. The van der Waals surface area contributed by atoms with Gasteiger partial charge in [-0.3, -0.25) is 0 Å². The maximum atomic E-state index is 5.56. The highest BCUT2D eigenvalue weighted by Crippen LogP contribution is 2.09. The minimum Gasteiger partial charge on any atom is -0.122 e. The lowest BCUT2D eigenvalue weighted by molar-refractivity contribution is 1.02. The van der Waals surface area contributed by atoms with Gasteiger partial charge in [0, 0.05) is 5.88 Å². The van der Waals surface area contributed by atoms with Crippen LogP contribution in [-0.4, -0.2) is 5.88 Å². The molecule has 1 rings (SSSR count). The van der Waals surface area contributed by atoms with E-state index in [1.165, 1.54) is 18.4 Å². The second-order valence-corrected chi connectivity index (χ2v) is 2.16. The monoisotopic (exact) mass is 128 g/mol. The molecule has 44 valence electrons. The van der Waals surface area contributed by atoms with Crippen LogP contribution in [0.4, 0.5) is 0 Å². The Bertz CT molecular complexity index is 122. The van der Waals surface area contributed by atoms with E-state index < -0.39 is 0 Å². The van der Waals surface area contributed by atoms with Crippen molar-refractivity contribution in [2.45, 2.75) is 12.8 Å². The lowest BCUT2D eigenvalue weighted by Crippen LogP contribution is -1.83. The number of allylic oxidation sites excluding steroid dienone is 4. The van der Waals surface area contributed by atoms with E-state index in [2.05, 4.69) is 18.2 Å².